The van der Waals surface area contributed by atoms with Gasteiger partial charge in [-0.15, -0.1) is 0 Å². The number of carboxylic acid groups (broad SMARTS) is 1. The van der Waals surface area contributed by atoms with E-state index in [1.165, 1.54) is 0 Å². The number of halogens is 3. The molecule has 1 aromatic heterocycles. The number of sulfonamides is 1. The molecule has 0 amide bonds. The summed E-state index contributed by atoms with van der Waals surface area (Å²) in [6.07, 6.45) is -1.41. The van der Waals surface area contributed by atoms with Crippen LogP contribution in [0.15, 0.2) is 24.4 Å². The van der Waals surface area contributed by atoms with Gasteiger partial charge in [0.1, 0.15) is 5.82 Å². The van der Waals surface area contributed by atoms with Gasteiger partial charge in [-0.05, 0) is 31.9 Å². The van der Waals surface area contributed by atoms with Crippen LogP contribution in [-0.2, 0) is 19.6 Å². The maximum Gasteiger partial charge on any atom is 0.490 e. The number of hydrogen-bond donors (Lipinski definition) is 1. The summed E-state index contributed by atoms with van der Waals surface area (Å²) in [5.41, 5.74) is -0.144. The fourth-order valence-electron chi connectivity index (χ4n) is 3.56. The molecule has 1 aromatic rings. The van der Waals surface area contributed by atoms with E-state index in [2.05, 4.69) is 9.88 Å². The molecule has 170 valence electrons. The van der Waals surface area contributed by atoms with Crippen molar-refractivity contribution >= 4 is 21.8 Å². The normalized spacial score (nSPS) is 23.4. The third kappa shape index (κ3) is 6.54. The average molecular weight is 453 g/mol. The van der Waals surface area contributed by atoms with Crippen LogP contribution in [0, 0.1) is 5.41 Å². The molecule has 0 radical (unpaired) electrons. The first-order valence-electron chi connectivity index (χ1n) is 9.51. The molecule has 2 fully saturated rings. The Bertz CT molecular complexity index is 807. The molecule has 8 nitrogen and oxygen atoms in total. The maximum atomic E-state index is 12.3. The molecule has 2 saturated heterocycles. The second kappa shape index (κ2) is 9.92. The highest BCUT2D eigenvalue weighted by atomic mass is 32.2. The van der Waals surface area contributed by atoms with Crippen LogP contribution in [0.1, 0.15) is 19.8 Å². The smallest absolute Gasteiger partial charge is 0.475 e. The molecule has 1 unspecified atom stereocenters. The van der Waals surface area contributed by atoms with E-state index in [0.29, 0.717) is 26.3 Å². The summed E-state index contributed by atoms with van der Waals surface area (Å²) in [5, 5.41) is 7.12. The maximum absolute atomic E-state index is 12.3. The second-order valence-corrected chi connectivity index (χ2v) is 9.56. The molecule has 2 aliphatic rings. The summed E-state index contributed by atoms with van der Waals surface area (Å²) in [6, 6.07) is 5.89. The van der Waals surface area contributed by atoms with E-state index >= 15 is 0 Å². The van der Waals surface area contributed by atoms with E-state index in [9.17, 15) is 21.6 Å². The Kier molecular flexibility index (Phi) is 8.06. The van der Waals surface area contributed by atoms with E-state index in [0.717, 1.165) is 31.7 Å². The SMILES string of the molecule is CCS(=O)(=O)N1CCCC2(COCCN(c3ccccn3)C2)C1.O=C(O)C(F)(F)F. The average Bonchev–Trinajstić information content (AvgIpc) is 2.91. The predicted molar refractivity (Wildman–Crippen MR) is 104 cm³/mol. The van der Waals surface area contributed by atoms with Crippen molar-refractivity contribution in [1.29, 1.82) is 0 Å². The van der Waals surface area contributed by atoms with Crippen LogP contribution in [0.4, 0.5) is 19.0 Å². The first-order chi connectivity index (χ1) is 14.0. The van der Waals surface area contributed by atoms with Gasteiger partial charge in [-0.1, -0.05) is 6.07 Å². The summed E-state index contributed by atoms with van der Waals surface area (Å²) in [7, 11) is -3.15. The topological polar surface area (TPSA) is 100 Å². The number of carbonyl (C=O) groups is 1. The van der Waals surface area contributed by atoms with E-state index in [1.807, 2.05) is 18.2 Å². The molecule has 3 rings (SSSR count). The molecule has 12 heteroatoms. The minimum absolute atomic E-state index is 0.144. The highest BCUT2D eigenvalue weighted by Gasteiger charge is 2.42. The van der Waals surface area contributed by atoms with Crippen molar-refractivity contribution in [2.45, 2.75) is 25.9 Å². The van der Waals surface area contributed by atoms with Crippen LogP contribution >= 0.6 is 0 Å². The summed E-state index contributed by atoms with van der Waals surface area (Å²) < 4.78 is 63.8. The zero-order chi connectivity index (χ0) is 22.4. The van der Waals surface area contributed by atoms with Crippen molar-refractivity contribution in [1.82, 2.24) is 9.29 Å². The number of rotatable bonds is 3. The molecule has 3 heterocycles. The van der Waals surface area contributed by atoms with Gasteiger partial charge in [0.25, 0.3) is 0 Å². The number of ether oxygens (including phenoxy) is 1. The summed E-state index contributed by atoms with van der Waals surface area (Å²) in [5.74, 6) is -1.66. The highest BCUT2D eigenvalue weighted by Crippen LogP contribution is 2.35. The number of piperidine rings is 1. The Balaban J connectivity index is 0.000000396. The molecular formula is C18H26F3N3O5S. The fraction of sp³-hybridized carbons (Fsp3) is 0.667. The number of hydrogen-bond acceptors (Lipinski definition) is 6. The van der Waals surface area contributed by atoms with Crippen LogP contribution in [0.5, 0.6) is 0 Å². The van der Waals surface area contributed by atoms with Gasteiger partial charge in [0.2, 0.25) is 10.0 Å². The zero-order valence-corrected chi connectivity index (χ0v) is 17.5. The number of alkyl halides is 3. The van der Waals surface area contributed by atoms with E-state index in [1.54, 1.807) is 17.4 Å². The Labute approximate surface area is 173 Å². The number of anilines is 1. The Morgan fingerprint density at radius 1 is 1.30 bits per heavy atom. The van der Waals surface area contributed by atoms with Crippen LogP contribution in [0.25, 0.3) is 0 Å². The molecular weight excluding hydrogens is 427 g/mol. The molecule has 1 spiro atoms. The van der Waals surface area contributed by atoms with Crippen molar-refractivity contribution in [2.75, 3.05) is 50.0 Å². The van der Waals surface area contributed by atoms with Gasteiger partial charge >= 0.3 is 12.1 Å². The van der Waals surface area contributed by atoms with Crippen LogP contribution in [0.3, 0.4) is 0 Å². The standard InChI is InChI=1S/C16H25N3O3S.C2HF3O2/c1-2-23(20,21)19-9-5-7-16(13-19)12-18(10-11-22-14-16)15-6-3-4-8-17-15;3-2(4,5)1(6)7/h3-4,6,8H,2,5,7,9-14H2,1H3;(H,6,7). The van der Waals surface area contributed by atoms with Crippen molar-refractivity contribution in [3.63, 3.8) is 0 Å². The fourth-order valence-corrected chi connectivity index (χ4v) is 4.80. The van der Waals surface area contributed by atoms with Crippen molar-refractivity contribution in [3.8, 4) is 0 Å². The molecule has 0 aromatic carbocycles. The largest absolute Gasteiger partial charge is 0.490 e. The van der Waals surface area contributed by atoms with Crippen molar-refractivity contribution in [3.05, 3.63) is 24.4 Å². The number of nitrogens with zero attached hydrogens (tertiary/aromatic N) is 3. The minimum atomic E-state index is -5.08. The summed E-state index contributed by atoms with van der Waals surface area (Å²) in [6.45, 7) is 5.73. The van der Waals surface area contributed by atoms with Crippen LogP contribution in [0.2, 0.25) is 0 Å². The lowest BCUT2D eigenvalue weighted by Crippen LogP contribution is -2.52. The number of aliphatic carboxylic acids is 1. The quantitative estimate of drug-likeness (QED) is 0.747. The minimum Gasteiger partial charge on any atom is -0.475 e. The number of aromatic nitrogens is 1. The lowest BCUT2D eigenvalue weighted by Gasteiger charge is -2.43. The third-order valence-electron chi connectivity index (χ3n) is 5.04. The Hall–Kier alpha value is -1.92. The molecule has 0 aliphatic carbocycles. The monoisotopic (exact) mass is 453 g/mol. The lowest BCUT2D eigenvalue weighted by molar-refractivity contribution is -0.192. The summed E-state index contributed by atoms with van der Waals surface area (Å²) >= 11 is 0. The molecule has 0 bridgehead atoms. The van der Waals surface area contributed by atoms with Gasteiger partial charge in [-0.25, -0.2) is 22.5 Å². The molecule has 0 saturated carbocycles. The van der Waals surface area contributed by atoms with Gasteiger partial charge in [0.15, 0.2) is 0 Å². The molecule has 2 aliphatic heterocycles. The van der Waals surface area contributed by atoms with E-state index in [-0.39, 0.29) is 11.2 Å². The van der Waals surface area contributed by atoms with Gasteiger partial charge in [0.05, 0.1) is 19.0 Å². The van der Waals surface area contributed by atoms with Gasteiger partial charge in [0, 0.05) is 37.8 Å². The van der Waals surface area contributed by atoms with Crippen molar-refractivity contribution in [2.24, 2.45) is 5.41 Å². The van der Waals surface area contributed by atoms with E-state index < -0.39 is 22.2 Å². The van der Waals surface area contributed by atoms with Gasteiger partial charge in [-0.3, -0.25) is 0 Å². The first kappa shape index (κ1) is 24.4. The van der Waals surface area contributed by atoms with E-state index in [4.69, 9.17) is 14.6 Å². The molecule has 1 N–H and O–H groups in total. The van der Waals surface area contributed by atoms with Crippen LogP contribution < -0.4 is 4.90 Å². The molecule has 30 heavy (non-hydrogen) atoms. The van der Waals surface area contributed by atoms with Crippen molar-refractivity contribution < 1.29 is 36.2 Å². The Morgan fingerprint density at radius 2 is 2.00 bits per heavy atom. The van der Waals surface area contributed by atoms with Gasteiger partial charge < -0.3 is 14.7 Å². The summed E-state index contributed by atoms with van der Waals surface area (Å²) in [4.78, 5) is 15.6. The number of carboxylic acids is 1. The predicted octanol–water partition coefficient (Wildman–Crippen LogP) is 1.98. The van der Waals surface area contributed by atoms with Gasteiger partial charge in [-0.2, -0.15) is 13.2 Å². The first-order valence-corrected chi connectivity index (χ1v) is 11.1. The zero-order valence-electron chi connectivity index (χ0n) is 16.6. The number of pyridine rings is 1. The Morgan fingerprint density at radius 3 is 2.57 bits per heavy atom. The molecule has 1 atom stereocenters. The van der Waals surface area contributed by atoms with Crippen LogP contribution in [-0.4, -0.2) is 80.1 Å². The third-order valence-corrected chi connectivity index (χ3v) is 6.87. The lowest BCUT2D eigenvalue weighted by atomic mass is 9.81. The highest BCUT2D eigenvalue weighted by molar-refractivity contribution is 7.89. The second-order valence-electron chi connectivity index (χ2n) is 7.30.